The van der Waals surface area contributed by atoms with Crippen molar-refractivity contribution in [1.82, 2.24) is 0 Å². The third-order valence-electron chi connectivity index (χ3n) is 7.37. The number of ether oxygens (including phenoxy) is 3. The van der Waals surface area contributed by atoms with Crippen LogP contribution in [0.3, 0.4) is 0 Å². The number of hydrogen-bond donors (Lipinski definition) is 0. The van der Waals surface area contributed by atoms with Gasteiger partial charge in [-0.1, -0.05) is 67.5 Å². The SMILES string of the molecule is CC=C1CC2CC(=O)OC(C=CC=CC=C(C)CC)CC=CC(C)CC3CCCC(CC(C1)O2)O3. The summed E-state index contributed by atoms with van der Waals surface area (Å²) >= 11 is 0. The van der Waals surface area contributed by atoms with Crippen molar-refractivity contribution in [1.29, 1.82) is 0 Å². The summed E-state index contributed by atoms with van der Waals surface area (Å²) in [6.07, 6.45) is 26.2. The van der Waals surface area contributed by atoms with Crippen LogP contribution in [0.15, 0.2) is 59.8 Å². The Balaban J connectivity index is 1.73. The highest BCUT2D eigenvalue weighted by molar-refractivity contribution is 5.70. The van der Waals surface area contributed by atoms with E-state index in [-0.39, 0.29) is 30.4 Å². The summed E-state index contributed by atoms with van der Waals surface area (Å²) in [4.78, 5) is 12.9. The van der Waals surface area contributed by atoms with E-state index >= 15 is 0 Å². The van der Waals surface area contributed by atoms with Gasteiger partial charge in [-0.15, -0.1) is 0 Å². The normalized spacial score (nSPS) is 35.0. The molecule has 0 aromatic rings. The first-order valence-electron chi connectivity index (χ1n) is 13.8. The Kier molecular flexibility index (Phi) is 11.5. The number of fused-ring (bicyclic) bond motifs is 4. The van der Waals surface area contributed by atoms with E-state index in [0.717, 1.165) is 44.9 Å². The summed E-state index contributed by atoms with van der Waals surface area (Å²) < 4.78 is 18.8. The topological polar surface area (TPSA) is 44.8 Å². The Bertz CT molecular complexity index is 818. The van der Waals surface area contributed by atoms with E-state index in [0.29, 0.717) is 24.9 Å². The molecule has 3 heterocycles. The summed E-state index contributed by atoms with van der Waals surface area (Å²) in [5.74, 6) is 0.243. The standard InChI is InChI=1S/C31H46O4/c1-5-23(3)12-8-7-9-14-26-15-10-13-24(4)18-27-16-11-17-28(33-27)21-29-19-25(6-2)20-30(34-29)22-31(32)35-26/h6-10,12-14,24,26-30H,5,11,15-22H2,1-4H3. The molecule has 2 saturated heterocycles. The first kappa shape index (κ1) is 27.7. The smallest absolute Gasteiger partial charge is 0.309 e. The zero-order valence-corrected chi connectivity index (χ0v) is 22.3. The second-order valence-corrected chi connectivity index (χ2v) is 10.5. The van der Waals surface area contributed by atoms with Gasteiger partial charge in [-0.25, -0.2) is 0 Å². The van der Waals surface area contributed by atoms with Crippen molar-refractivity contribution >= 4 is 5.97 Å². The molecule has 0 radical (unpaired) electrons. The maximum atomic E-state index is 12.9. The van der Waals surface area contributed by atoms with Crippen molar-refractivity contribution in [3.8, 4) is 0 Å². The van der Waals surface area contributed by atoms with Gasteiger partial charge >= 0.3 is 5.97 Å². The van der Waals surface area contributed by atoms with Gasteiger partial charge in [-0.2, -0.15) is 0 Å². The maximum Gasteiger partial charge on any atom is 0.309 e. The second kappa shape index (κ2) is 14.6. The Morgan fingerprint density at radius 3 is 2.51 bits per heavy atom. The van der Waals surface area contributed by atoms with Gasteiger partial charge in [0, 0.05) is 12.8 Å². The molecule has 35 heavy (non-hydrogen) atoms. The van der Waals surface area contributed by atoms with Crippen LogP contribution in [0.25, 0.3) is 0 Å². The van der Waals surface area contributed by atoms with Crippen molar-refractivity contribution < 1.29 is 19.0 Å². The van der Waals surface area contributed by atoms with Gasteiger partial charge in [0.15, 0.2) is 0 Å². The number of hydrogen-bond acceptors (Lipinski definition) is 4. The minimum Gasteiger partial charge on any atom is -0.458 e. The Labute approximate surface area is 213 Å². The number of carbonyl (C=O) groups is 1. The highest BCUT2D eigenvalue weighted by atomic mass is 16.5. The van der Waals surface area contributed by atoms with Crippen molar-refractivity contribution in [2.24, 2.45) is 5.92 Å². The molecule has 3 rings (SSSR count). The minimum absolute atomic E-state index is 0.113. The molecule has 0 saturated carbocycles. The second-order valence-electron chi connectivity index (χ2n) is 10.5. The zero-order valence-electron chi connectivity index (χ0n) is 22.3. The third-order valence-corrected chi connectivity index (χ3v) is 7.37. The molecule has 0 spiro atoms. The summed E-state index contributed by atoms with van der Waals surface area (Å²) in [5.41, 5.74) is 2.71. The summed E-state index contributed by atoms with van der Waals surface area (Å²) in [7, 11) is 0. The largest absolute Gasteiger partial charge is 0.458 e. The molecular formula is C31H46O4. The molecular weight excluding hydrogens is 436 g/mol. The van der Waals surface area contributed by atoms with E-state index in [2.05, 4.69) is 52.0 Å². The molecule has 4 nitrogen and oxygen atoms in total. The maximum absolute atomic E-state index is 12.9. The lowest BCUT2D eigenvalue weighted by Crippen LogP contribution is -2.37. The molecule has 0 aromatic carbocycles. The van der Waals surface area contributed by atoms with Crippen LogP contribution >= 0.6 is 0 Å². The van der Waals surface area contributed by atoms with Crippen molar-refractivity contribution in [3.05, 3.63) is 59.8 Å². The molecule has 0 aromatic heterocycles. The van der Waals surface area contributed by atoms with Gasteiger partial charge in [0.1, 0.15) is 6.10 Å². The quantitative estimate of drug-likeness (QED) is 0.235. The Hall–Kier alpha value is -1.91. The van der Waals surface area contributed by atoms with E-state index in [1.165, 1.54) is 17.6 Å². The number of carbonyl (C=O) groups excluding carboxylic acids is 1. The lowest BCUT2D eigenvalue weighted by atomic mass is 9.90. The van der Waals surface area contributed by atoms with Crippen LogP contribution in [-0.4, -0.2) is 36.5 Å². The van der Waals surface area contributed by atoms with Crippen LogP contribution in [0.5, 0.6) is 0 Å². The molecule has 2 fully saturated rings. The number of esters is 1. The van der Waals surface area contributed by atoms with Gasteiger partial charge in [-0.3, -0.25) is 4.79 Å². The van der Waals surface area contributed by atoms with Crippen molar-refractivity contribution in [2.45, 2.75) is 122 Å². The van der Waals surface area contributed by atoms with Crippen LogP contribution in [0, 0.1) is 5.92 Å². The van der Waals surface area contributed by atoms with Gasteiger partial charge < -0.3 is 14.2 Å². The molecule has 3 aliphatic rings. The summed E-state index contributed by atoms with van der Waals surface area (Å²) in [6, 6.07) is 0. The van der Waals surface area contributed by atoms with Crippen LogP contribution in [0.4, 0.5) is 0 Å². The molecule has 194 valence electrons. The molecule has 0 aliphatic carbocycles. The fourth-order valence-electron chi connectivity index (χ4n) is 5.25. The fraction of sp³-hybridized carbons (Fsp3) is 0.645. The molecule has 4 heteroatoms. The van der Waals surface area contributed by atoms with Gasteiger partial charge in [-0.05, 0) is 70.8 Å². The van der Waals surface area contributed by atoms with Crippen LogP contribution in [-0.2, 0) is 19.0 Å². The van der Waals surface area contributed by atoms with Crippen LogP contribution in [0.2, 0.25) is 0 Å². The highest BCUT2D eigenvalue weighted by Crippen LogP contribution is 2.33. The number of allylic oxidation sites excluding steroid dienone is 7. The molecule has 4 bridgehead atoms. The average molecular weight is 483 g/mol. The van der Waals surface area contributed by atoms with Gasteiger partial charge in [0.25, 0.3) is 0 Å². The molecule has 6 atom stereocenters. The van der Waals surface area contributed by atoms with Gasteiger partial charge in [0.2, 0.25) is 0 Å². The van der Waals surface area contributed by atoms with E-state index in [9.17, 15) is 4.79 Å². The van der Waals surface area contributed by atoms with E-state index in [4.69, 9.17) is 14.2 Å². The molecule has 0 N–H and O–H groups in total. The van der Waals surface area contributed by atoms with Crippen LogP contribution < -0.4 is 0 Å². The molecule has 6 unspecified atom stereocenters. The Morgan fingerprint density at radius 2 is 1.74 bits per heavy atom. The lowest BCUT2D eigenvalue weighted by molar-refractivity contribution is -0.153. The van der Waals surface area contributed by atoms with Crippen molar-refractivity contribution in [3.63, 3.8) is 0 Å². The lowest BCUT2D eigenvalue weighted by Gasteiger charge is -2.37. The van der Waals surface area contributed by atoms with E-state index < -0.39 is 0 Å². The highest BCUT2D eigenvalue weighted by Gasteiger charge is 2.32. The van der Waals surface area contributed by atoms with Crippen molar-refractivity contribution in [2.75, 3.05) is 0 Å². The third kappa shape index (κ3) is 9.93. The monoisotopic (exact) mass is 482 g/mol. The summed E-state index contributed by atoms with van der Waals surface area (Å²) in [6.45, 7) is 8.61. The first-order chi connectivity index (χ1) is 16.9. The molecule has 0 amide bonds. The minimum atomic E-state index is -0.282. The predicted octanol–water partition coefficient (Wildman–Crippen LogP) is 7.56. The van der Waals surface area contributed by atoms with E-state index in [1.807, 2.05) is 24.3 Å². The number of cyclic esters (lactones) is 1. The zero-order chi connectivity index (χ0) is 25.0. The first-order valence-corrected chi connectivity index (χ1v) is 13.8. The van der Waals surface area contributed by atoms with E-state index in [1.54, 1.807) is 0 Å². The Morgan fingerprint density at radius 1 is 1.00 bits per heavy atom. The van der Waals surface area contributed by atoms with Gasteiger partial charge in [0.05, 0.1) is 30.8 Å². The number of rotatable bonds is 4. The summed E-state index contributed by atoms with van der Waals surface area (Å²) in [5, 5.41) is 0. The average Bonchev–Trinajstić information content (AvgIpc) is 2.82. The molecule has 3 aliphatic heterocycles. The van der Waals surface area contributed by atoms with Crippen LogP contribution in [0.1, 0.15) is 91.9 Å². The predicted molar refractivity (Wildman–Crippen MR) is 143 cm³/mol. The fourth-order valence-corrected chi connectivity index (χ4v) is 5.25.